The van der Waals surface area contributed by atoms with E-state index in [-0.39, 0.29) is 24.5 Å². The van der Waals surface area contributed by atoms with Crippen LogP contribution in [-0.4, -0.2) is 18.4 Å². The number of anilines is 1. The Morgan fingerprint density at radius 1 is 0.931 bits per heavy atom. The summed E-state index contributed by atoms with van der Waals surface area (Å²) in [6.07, 6.45) is 0. The van der Waals surface area contributed by atoms with Crippen LogP contribution in [0.25, 0.3) is 0 Å². The number of amides is 2. The summed E-state index contributed by atoms with van der Waals surface area (Å²) in [5.41, 5.74) is 1.85. The Labute approximate surface area is 174 Å². The van der Waals surface area contributed by atoms with Gasteiger partial charge in [-0.15, -0.1) is 0 Å². The van der Waals surface area contributed by atoms with E-state index >= 15 is 0 Å². The minimum Gasteiger partial charge on any atom is -0.483 e. The van der Waals surface area contributed by atoms with Crippen molar-refractivity contribution < 1.29 is 14.3 Å². The number of rotatable bonds is 7. The van der Waals surface area contributed by atoms with Crippen LogP contribution in [0, 0.1) is 0 Å². The zero-order valence-electron chi connectivity index (χ0n) is 15.9. The minimum absolute atomic E-state index is 0.218. The molecule has 2 N–H and O–H groups in total. The molecule has 6 heteroatoms. The second-order valence-electron chi connectivity index (χ2n) is 6.42. The van der Waals surface area contributed by atoms with Crippen molar-refractivity contribution in [1.29, 1.82) is 0 Å². The van der Waals surface area contributed by atoms with Crippen molar-refractivity contribution in [1.82, 2.24) is 5.32 Å². The first-order valence-electron chi connectivity index (χ1n) is 9.16. The maximum Gasteiger partial charge on any atom is 0.259 e. The summed E-state index contributed by atoms with van der Waals surface area (Å²) < 4.78 is 5.62. The van der Waals surface area contributed by atoms with Gasteiger partial charge in [0.1, 0.15) is 5.75 Å². The monoisotopic (exact) mass is 408 g/mol. The number of halogens is 1. The Morgan fingerprint density at radius 3 is 2.34 bits per heavy atom. The van der Waals surface area contributed by atoms with Crippen molar-refractivity contribution in [2.24, 2.45) is 0 Å². The lowest BCUT2D eigenvalue weighted by molar-refractivity contribution is -0.123. The third-order valence-electron chi connectivity index (χ3n) is 4.27. The Hall–Kier alpha value is -3.31. The van der Waals surface area contributed by atoms with E-state index in [0.717, 1.165) is 5.56 Å². The Balaban J connectivity index is 1.61. The standard InChI is InChI=1S/C23H21ClN2O3/c1-16(18-11-5-7-13-20(18)24)25-22(27)15-29-21-14-8-6-12-19(21)23(28)26-17-9-3-2-4-10-17/h2-14,16H,15H2,1H3,(H,25,27)(H,26,28)/t16-/m1/s1. The quantitative estimate of drug-likeness (QED) is 0.587. The second-order valence-corrected chi connectivity index (χ2v) is 6.82. The van der Waals surface area contributed by atoms with E-state index in [9.17, 15) is 9.59 Å². The predicted molar refractivity (Wildman–Crippen MR) is 114 cm³/mol. The molecule has 1 atom stereocenters. The van der Waals surface area contributed by atoms with Crippen LogP contribution in [0.2, 0.25) is 5.02 Å². The molecule has 0 saturated heterocycles. The van der Waals surface area contributed by atoms with Crippen molar-refractivity contribution in [3.63, 3.8) is 0 Å². The number of benzene rings is 3. The zero-order valence-corrected chi connectivity index (χ0v) is 16.6. The van der Waals surface area contributed by atoms with E-state index in [2.05, 4.69) is 10.6 Å². The highest BCUT2D eigenvalue weighted by atomic mass is 35.5. The Kier molecular flexibility index (Phi) is 6.87. The molecule has 0 bridgehead atoms. The van der Waals surface area contributed by atoms with Crippen LogP contribution in [0.4, 0.5) is 5.69 Å². The highest BCUT2D eigenvalue weighted by molar-refractivity contribution is 6.31. The lowest BCUT2D eigenvalue weighted by Gasteiger charge is -2.16. The van der Waals surface area contributed by atoms with E-state index < -0.39 is 0 Å². The largest absolute Gasteiger partial charge is 0.483 e. The molecular formula is C23H21ClN2O3. The van der Waals surface area contributed by atoms with Crippen LogP contribution in [-0.2, 0) is 4.79 Å². The lowest BCUT2D eigenvalue weighted by atomic mass is 10.1. The smallest absolute Gasteiger partial charge is 0.259 e. The predicted octanol–water partition coefficient (Wildman–Crippen LogP) is 4.85. The average Bonchev–Trinajstić information content (AvgIpc) is 2.73. The first kappa shape index (κ1) is 20.4. The minimum atomic E-state index is -0.310. The van der Waals surface area contributed by atoms with Crippen LogP contribution in [0.5, 0.6) is 5.75 Å². The summed E-state index contributed by atoms with van der Waals surface area (Å²) in [4.78, 5) is 24.9. The van der Waals surface area contributed by atoms with E-state index in [1.54, 1.807) is 42.5 Å². The fourth-order valence-electron chi connectivity index (χ4n) is 2.83. The first-order chi connectivity index (χ1) is 14.0. The van der Waals surface area contributed by atoms with E-state index in [1.807, 2.05) is 43.3 Å². The van der Waals surface area contributed by atoms with Gasteiger partial charge in [0.15, 0.2) is 6.61 Å². The van der Waals surface area contributed by atoms with E-state index in [0.29, 0.717) is 22.0 Å². The molecule has 0 aromatic heterocycles. The van der Waals surface area contributed by atoms with Crippen molar-refractivity contribution in [3.05, 3.63) is 95.0 Å². The normalized spacial score (nSPS) is 11.4. The number of hydrogen-bond donors (Lipinski definition) is 2. The molecule has 0 heterocycles. The van der Waals surface area contributed by atoms with Gasteiger partial charge in [-0.05, 0) is 42.8 Å². The highest BCUT2D eigenvalue weighted by Gasteiger charge is 2.16. The molecule has 0 fully saturated rings. The molecule has 2 amide bonds. The number of carbonyl (C=O) groups excluding carboxylic acids is 2. The molecule has 0 spiro atoms. The van der Waals surface area contributed by atoms with Gasteiger partial charge < -0.3 is 15.4 Å². The van der Waals surface area contributed by atoms with Crippen molar-refractivity contribution in [3.8, 4) is 5.75 Å². The summed E-state index contributed by atoms with van der Waals surface area (Å²) in [7, 11) is 0. The fourth-order valence-corrected chi connectivity index (χ4v) is 3.13. The number of carbonyl (C=O) groups is 2. The van der Waals surface area contributed by atoms with Crippen LogP contribution < -0.4 is 15.4 Å². The number of para-hydroxylation sites is 2. The summed E-state index contributed by atoms with van der Waals surface area (Å²) in [6, 6.07) is 23.0. The van der Waals surface area contributed by atoms with E-state index in [4.69, 9.17) is 16.3 Å². The molecule has 0 radical (unpaired) electrons. The van der Waals surface area contributed by atoms with Gasteiger partial charge in [0.2, 0.25) is 0 Å². The van der Waals surface area contributed by atoms with Gasteiger partial charge >= 0.3 is 0 Å². The number of ether oxygens (including phenoxy) is 1. The summed E-state index contributed by atoms with van der Waals surface area (Å²) in [5.74, 6) is -0.284. The maximum absolute atomic E-state index is 12.6. The third kappa shape index (κ3) is 5.59. The maximum atomic E-state index is 12.6. The molecule has 0 aliphatic carbocycles. The van der Waals surface area contributed by atoms with Crippen LogP contribution in [0.1, 0.15) is 28.9 Å². The molecule has 0 unspecified atom stereocenters. The van der Waals surface area contributed by atoms with Gasteiger partial charge in [0.25, 0.3) is 11.8 Å². The number of hydrogen-bond acceptors (Lipinski definition) is 3. The molecule has 0 aliphatic heterocycles. The molecular weight excluding hydrogens is 388 g/mol. The SMILES string of the molecule is C[C@@H](NC(=O)COc1ccccc1C(=O)Nc1ccccc1)c1ccccc1Cl. The van der Waals surface area contributed by atoms with Gasteiger partial charge in [-0.1, -0.05) is 60.1 Å². The van der Waals surface area contributed by atoms with Gasteiger partial charge in [-0.25, -0.2) is 0 Å². The molecule has 3 rings (SSSR count). The van der Waals surface area contributed by atoms with E-state index in [1.165, 1.54) is 0 Å². The molecule has 3 aromatic rings. The van der Waals surface area contributed by atoms with Gasteiger partial charge in [-0.2, -0.15) is 0 Å². The Morgan fingerprint density at radius 2 is 1.59 bits per heavy atom. The van der Waals surface area contributed by atoms with Crippen molar-refractivity contribution in [2.45, 2.75) is 13.0 Å². The summed E-state index contributed by atoms with van der Waals surface area (Å²) in [6.45, 7) is 1.63. The first-order valence-corrected chi connectivity index (χ1v) is 9.54. The summed E-state index contributed by atoms with van der Waals surface area (Å²) in [5, 5.41) is 6.25. The molecule has 148 valence electrons. The lowest BCUT2D eigenvalue weighted by Crippen LogP contribution is -2.31. The highest BCUT2D eigenvalue weighted by Crippen LogP contribution is 2.22. The zero-order chi connectivity index (χ0) is 20.6. The second kappa shape index (κ2) is 9.75. The average molecular weight is 409 g/mol. The van der Waals surface area contributed by atoms with Gasteiger partial charge in [0, 0.05) is 10.7 Å². The molecule has 0 aliphatic rings. The molecule has 0 saturated carbocycles. The van der Waals surface area contributed by atoms with Gasteiger partial charge in [-0.3, -0.25) is 9.59 Å². The Bertz CT molecular complexity index is 992. The van der Waals surface area contributed by atoms with Crippen LogP contribution in [0.3, 0.4) is 0 Å². The van der Waals surface area contributed by atoms with Crippen molar-refractivity contribution in [2.75, 3.05) is 11.9 Å². The third-order valence-corrected chi connectivity index (χ3v) is 4.62. The topological polar surface area (TPSA) is 67.4 Å². The number of nitrogens with one attached hydrogen (secondary N) is 2. The summed E-state index contributed by atoms with van der Waals surface area (Å²) >= 11 is 6.17. The van der Waals surface area contributed by atoms with Gasteiger partial charge in [0.05, 0.1) is 11.6 Å². The molecule has 29 heavy (non-hydrogen) atoms. The van der Waals surface area contributed by atoms with Crippen molar-refractivity contribution >= 4 is 29.1 Å². The molecule has 5 nitrogen and oxygen atoms in total. The molecule has 3 aromatic carbocycles. The fraction of sp³-hybridized carbons (Fsp3) is 0.130. The van der Waals surface area contributed by atoms with Crippen LogP contribution >= 0.6 is 11.6 Å². The van der Waals surface area contributed by atoms with Crippen LogP contribution in [0.15, 0.2) is 78.9 Å².